The number of anilines is 1. The number of amides is 1. The predicted octanol–water partition coefficient (Wildman–Crippen LogP) is 1.59. The minimum atomic E-state index is -1.13. The predicted molar refractivity (Wildman–Crippen MR) is 65.6 cm³/mol. The monoisotopic (exact) mass is 256 g/mol. The molecule has 0 aliphatic carbocycles. The van der Waals surface area contributed by atoms with Crippen LogP contribution in [0.25, 0.3) is 0 Å². The van der Waals surface area contributed by atoms with E-state index in [9.17, 15) is 9.59 Å². The number of carbonyl (C=O) groups excluding carboxylic acids is 1. The Morgan fingerprint density at radius 2 is 2.12 bits per heavy atom. The van der Waals surface area contributed by atoms with Crippen molar-refractivity contribution in [3.05, 3.63) is 28.8 Å². The molecular formula is C11H13ClN2O3. The second-order valence-corrected chi connectivity index (χ2v) is 3.83. The molecule has 1 aromatic rings. The Morgan fingerprint density at radius 1 is 1.41 bits per heavy atom. The first-order valence-corrected chi connectivity index (χ1v) is 5.39. The first-order valence-electron chi connectivity index (χ1n) is 5.02. The lowest BCUT2D eigenvalue weighted by molar-refractivity contribution is -0.116. The highest BCUT2D eigenvalue weighted by Gasteiger charge is 2.12. The molecule has 0 heterocycles. The molecule has 1 aromatic carbocycles. The van der Waals surface area contributed by atoms with E-state index in [1.807, 2.05) is 0 Å². The van der Waals surface area contributed by atoms with Gasteiger partial charge in [-0.25, -0.2) is 4.79 Å². The molecule has 0 aliphatic rings. The highest BCUT2D eigenvalue weighted by Crippen LogP contribution is 2.20. The second kappa shape index (κ2) is 6.22. The van der Waals surface area contributed by atoms with Gasteiger partial charge in [-0.2, -0.15) is 0 Å². The molecule has 0 aromatic heterocycles. The van der Waals surface area contributed by atoms with Crippen molar-refractivity contribution in [1.29, 1.82) is 0 Å². The van der Waals surface area contributed by atoms with E-state index in [0.29, 0.717) is 11.6 Å². The topological polar surface area (TPSA) is 78.4 Å². The summed E-state index contributed by atoms with van der Waals surface area (Å²) in [6.07, 6.45) is 0.276. The average molecular weight is 257 g/mol. The molecule has 17 heavy (non-hydrogen) atoms. The van der Waals surface area contributed by atoms with Crippen LogP contribution < -0.4 is 10.6 Å². The number of carbonyl (C=O) groups is 2. The standard InChI is InChI=1S/C11H13ClN2O3/c1-13-5-4-10(15)14-9-3-2-7(12)6-8(9)11(16)17/h2-3,6,13H,4-5H2,1H3,(H,14,15)(H,16,17). The third-order valence-corrected chi connectivity index (χ3v) is 2.32. The van der Waals surface area contributed by atoms with Gasteiger partial charge in [0, 0.05) is 18.0 Å². The zero-order valence-electron chi connectivity index (χ0n) is 9.29. The van der Waals surface area contributed by atoms with Crippen molar-refractivity contribution in [3.8, 4) is 0 Å². The summed E-state index contributed by atoms with van der Waals surface area (Å²) in [7, 11) is 1.73. The van der Waals surface area contributed by atoms with Crippen LogP contribution in [-0.2, 0) is 4.79 Å². The molecule has 6 heteroatoms. The molecule has 0 saturated heterocycles. The zero-order chi connectivity index (χ0) is 12.8. The summed E-state index contributed by atoms with van der Waals surface area (Å²) in [6, 6.07) is 4.31. The van der Waals surface area contributed by atoms with Crippen LogP contribution in [0.2, 0.25) is 5.02 Å². The number of halogens is 1. The van der Waals surface area contributed by atoms with Crippen molar-refractivity contribution >= 4 is 29.2 Å². The molecule has 3 N–H and O–H groups in total. The molecule has 5 nitrogen and oxygen atoms in total. The molecule has 1 rings (SSSR count). The molecular weight excluding hydrogens is 244 g/mol. The van der Waals surface area contributed by atoms with Crippen LogP contribution in [0.1, 0.15) is 16.8 Å². The maximum atomic E-state index is 11.5. The molecule has 0 saturated carbocycles. The summed E-state index contributed by atoms with van der Waals surface area (Å²) in [5, 5.41) is 14.6. The van der Waals surface area contributed by atoms with Crippen LogP contribution in [-0.4, -0.2) is 30.6 Å². The lowest BCUT2D eigenvalue weighted by Gasteiger charge is -2.08. The molecule has 0 atom stereocenters. The van der Waals surface area contributed by atoms with E-state index in [4.69, 9.17) is 16.7 Å². The Morgan fingerprint density at radius 3 is 2.71 bits per heavy atom. The molecule has 0 spiro atoms. The fraction of sp³-hybridized carbons (Fsp3) is 0.273. The van der Waals surface area contributed by atoms with Gasteiger partial charge in [-0.15, -0.1) is 0 Å². The third kappa shape index (κ3) is 4.05. The van der Waals surface area contributed by atoms with Crippen LogP contribution in [0.15, 0.2) is 18.2 Å². The third-order valence-electron chi connectivity index (χ3n) is 2.09. The van der Waals surface area contributed by atoms with Gasteiger partial charge in [0.1, 0.15) is 0 Å². The number of carboxylic acid groups (broad SMARTS) is 1. The summed E-state index contributed by atoms with van der Waals surface area (Å²) in [5.74, 6) is -1.37. The number of rotatable bonds is 5. The van der Waals surface area contributed by atoms with E-state index in [0.717, 1.165) is 0 Å². The Bertz CT molecular complexity index is 435. The lowest BCUT2D eigenvalue weighted by Crippen LogP contribution is -2.20. The molecule has 0 aliphatic heterocycles. The van der Waals surface area contributed by atoms with Gasteiger partial charge in [0.25, 0.3) is 0 Å². The molecule has 0 fully saturated rings. The average Bonchev–Trinajstić information content (AvgIpc) is 2.28. The summed E-state index contributed by atoms with van der Waals surface area (Å²) >= 11 is 5.70. The number of carboxylic acids is 1. The van der Waals surface area contributed by atoms with Crippen molar-refractivity contribution in [1.82, 2.24) is 5.32 Å². The van der Waals surface area contributed by atoms with E-state index in [1.54, 1.807) is 7.05 Å². The maximum absolute atomic E-state index is 11.5. The van der Waals surface area contributed by atoms with Crippen molar-refractivity contribution in [2.24, 2.45) is 0 Å². The van der Waals surface area contributed by atoms with Gasteiger partial charge in [-0.1, -0.05) is 11.6 Å². The van der Waals surface area contributed by atoms with Gasteiger partial charge in [-0.3, -0.25) is 4.79 Å². The van der Waals surface area contributed by atoms with E-state index < -0.39 is 5.97 Å². The smallest absolute Gasteiger partial charge is 0.337 e. The Kier molecular flexibility index (Phi) is 4.93. The molecule has 1 amide bonds. The largest absolute Gasteiger partial charge is 0.478 e. The maximum Gasteiger partial charge on any atom is 0.337 e. The minimum Gasteiger partial charge on any atom is -0.478 e. The summed E-state index contributed by atoms with van der Waals surface area (Å²) < 4.78 is 0. The van der Waals surface area contributed by atoms with Gasteiger partial charge in [0.05, 0.1) is 11.3 Å². The number of aromatic carboxylic acids is 1. The van der Waals surface area contributed by atoms with Crippen molar-refractivity contribution in [2.45, 2.75) is 6.42 Å². The Labute approximate surface area is 104 Å². The van der Waals surface area contributed by atoms with Crippen molar-refractivity contribution < 1.29 is 14.7 Å². The van der Waals surface area contributed by atoms with Crippen LogP contribution in [0.4, 0.5) is 5.69 Å². The van der Waals surface area contributed by atoms with Gasteiger partial charge in [0.15, 0.2) is 0 Å². The van der Waals surface area contributed by atoms with Gasteiger partial charge >= 0.3 is 5.97 Å². The number of hydrogen-bond donors (Lipinski definition) is 3. The quantitative estimate of drug-likeness (QED) is 0.748. The van der Waals surface area contributed by atoms with E-state index in [-0.39, 0.29) is 23.6 Å². The van der Waals surface area contributed by atoms with Crippen molar-refractivity contribution in [3.63, 3.8) is 0 Å². The first-order chi connectivity index (χ1) is 8.04. The van der Waals surface area contributed by atoms with Gasteiger partial charge in [0.2, 0.25) is 5.91 Å². The van der Waals surface area contributed by atoms with E-state index >= 15 is 0 Å². The second-order valence-electron chi connectivity index (χ2n) is 3.40. The number of nitrogens with one attached hydrogen (secondary N) is 2. The normalized spacial score (nSPS) is 10.0. The van der Waals surface area contributed by atoms with E-state index in [2.05, 4.69) is 10.6 Å². The van der Waals surface area contributed by atoms with Crippen LogP contribution in [0, 0.1) is 0 Å². The molecule has 0 radical (unpaired) electrons. The lowest BCUT2D eigenvalue weighted by atomic mass is 10.1. The fourth-order valence-electron chi connectivity index (χ4n) is 1.25. The van der Waals surface area contributed by atoms with Crippen LogP contribution in [0.3, 0.4) is 0 Å². The fourth-order valence-corrected chi connectivity index (χ4v) is 1.43. The Balaban J connectivity index is 2.83. The van der Waals surface area contributed by atoms with Gasteiger partial charge < -0.3 is 15.7 Å². The van der Waals surface area contributed by atoms with Gasteiger partial charge in [-0.05, 0) is 25.2 Å². The molecule has 0 unspecified atom stereocenters. The highest BCUT2D eigenvalue weighted by atomic mass is 35.5. The highest BCUT2D eigenvalue weighted by molar-refractivity contribution is 6.31. The summed E-state index contributed by atoms with van der Waals surface area (Å²) in [6.45, 7) is 0.530. The SMILES string of the molecule is CNCCC(=O)Nc1ccc(Cl)cc1C(=O)O. The number of benzene rings is 1. The van der Waals surface area contributed by atoms with Crippen LogP contribution >= 0.6 is 11.6 Å². The molecule has 92 valence electrons. The summed E-state index contributed by atoms with van der Waals surface area (Å²) in [5.41, 5.74) is 0.235. The molecule has 0 bridgehead atoms. The Hall–Kier alpha value is -1.59. The number of hydrogen-bond acceptors (Lipinski definition) is 3. The first kappa shape index (κ1) is 13.5. The zero-order valence-corrected chi connectivity index (χ0v) is 10.0. The van der Waals surface area contributed by atoms with Crippen LogP contribution in [0.5, 0.6) is 0 Å². The summed E-state index contributed by atoms with van der Waals surface area (Å²) in [4.78, 5) is 22.4. The minimum absolute atomic E-state index is 0.0182. The van der Waals surface area contributed by atoms with E-state index in [1.165, 1.54) is 18.2 Å². The van der Waals surface area contributed by atoms with Crippen molar-refractivity contribution in [2.75, 3.05) is 18.9 Å².